The molecule has 14 aromatic carbocycles. The molecule has 0 aliphatic rings. The molecular formula is C72H54N2Si. The number of benzene rings is 14. The molecule has 356 valence electrons. The van der Waals surface area contributed by atoms with Crippen LogP contribution in [0.2, 0.25) is 19.6 Å². The lowest BCUT2D eigenvalue weighted by molar-refractivity contribution is 1.30. The zero-order chi connectivity index (χ0) is 50.4. The Hall–Kier alpha value is -9.02. The van der Waals surface area contributed by atoms with Crippen LogP contribution >= 0.6 is 0 Å². The van der Waals surface area contributed by atoms with E-state index in [0.717, 1.165) is 34.1 Å². The Labute approximate surface area is 439 Å². The molecule has 0 amide bonds. The van der Waals surface area contributed by atoms with Gasteiger partial charge in [0.15, 0.2) is 0 Å². The summed E-state index contributed by atoms with van der Waals surface area (Å²) in [5.74, 6) is 0. The van der Waals surface area contributed by atoms with Crippen LogP contribution in [0.1, 0.15) is 5.56 Å². The number of hydrogen-bond donors (Lipinski definition) is 0. The summed E-state index contributed by atoms with van der Waals surface area (Å²) in [7, 11) is -1.62. The second-order valence-corrected chi connectivity index (χ2v) is 26.4. The molecule has 0 spiro atoms. The van der Waals surface area contributed by atoms with Gasteiger partial charge in [-0.3, -0.25) is 0 Å². The van der Waals surface area contributed by atoms with Gasteiger partial charge in [0.1, 0.15) is 0 Å². The van der Waals surface area contributed by atoms with Crippen molar-refractivity contribution in [3.63, 3.8) is 0 Å². The monoisotopic (exact) mass is 974 g/mol. The van der Waals surface area contributed by atoms with Gasteiger partial charge in [0, 0.05) is 43.7 Å². The summed E-state index contributed by atoms with van der Waals surface area (Å²) < 4.78 is 0. The molecule has 14 rings (SSSR count). The number of hydrogen-bond acceptors (Lipinski definition) is 2. The van der Waals surface area contributed by atoms with Crippen molar-refractivity contribution in [2.75, 3.05) is 9.80 Å². The molecule has 75 heavy (non-hydrogen) atoms. The first-order valence-corrected chi connectivity index (χ1v) is 29.7. The van der Waals surface area contributed by atoms with E-state index in [1.54, 1.807) is 0 Å². The summed E-state index contributed by atoms with van der Waals surface area (Å²) in [6.07, 6.45) is 0. The Morgan fingerprint density at radius 3 is 1.04 bits per heavy atom. The average molecular weight is 975 g/mol. The molecule has 0 unspecified atom stereocenters. The van der Waals surface area contributed by atoms with E-state index in [0.29, 0.717) is 0 Å². The molecule has 2 nitrogen and oxygen atoms in total. The molecule has 0 fully saturated rings. The van der Waals surface area contributed by atoms with Gasteiger partial charge < -0.3 is 9.80 Å². The smallest absolute Gasteiger partial charge is 0.0775 e. The van der Waals surface area contributed by atoms with Crippen LogP contribution in [-0.4, -0.2) is 8.07 Å². The second kappa shape index (κ2) is 17.6. The molecular weight excluding hydrogens is 921 g/mol. The van der Waals surface area contributed by atoms with Crippen molar-refractivity contribution in [1.82, 2.24) is 0 Å². The van der Waals surface area contributed by atoms with Crippen LogP contribution in [0.5, 0.6) is 0 Å². The van der Waals surface area contributed by atoms with E-state index in [-0.39, 0.29) is 0 Å². The summed E-state index contributed by atoms with van der Waals surface area (Å²) in [6, 6.07) is 95.8. The maximum atomic E-state index is 2.55. The maximum Gasteiger partial charge on any atom is 0.0775 e. The van der Waals surface area contributed by atoms with Gasteiger partial charge in [-0.05, 0) is 121 Å². The lowest BCUT2D eigenvalue weighted by atomic mass is 9.84. The van der Waals surface area contributed by atoms with Crippen LogP contribution in [0.3, 0.4) is 0 Å². The predicted molar refractivity (Wildman–Crippen MR) is 328 cm³/mol. The van der Waals surface area contributed by atoms with Crippen molar-refractivity contribution < 1.29 is 0 Å². The first-order chi connectivity index (χ1) is 36.8. The summed E-state index contributed by atoms with van der Waals surface area (Å²) >= 11 is 0. The molecule has 0 aromatic heterocycles. The largest absolute Gasteiger partial charge is 0.309 e. The third-order valence-corrected chi connectivity index (χ3v) is 17.9. The lowest BCUT2D eigenvalue weighted by Gasteiger charge is -2.32. The third-order valence-electron chi connectivity index (χ3n) is 15.8. The van der Waals surface area contributed by atoms with Crippen molar-refractivity contribution in [3.8, 4) is 22.3 Å². The zero-order valence-corrected chi connectivity index (χ0v) is 43.6. The highest BCUT2D eigenvalue weighted by Gasteiger charge is 2.28. The van der Waals surface area contributed by atoms with Crippen LogP contribution < -0.4 is 15.0 Å². The zero-order valence-electron chi connectivity index (χ0n) is 42.6. The number of nitrogens with zero attached hydrogens (tertiary/aromatic N) is 2. The quantitative estimate of drug-likeness (QED) is 0.105. The highest BCUT2D eigenvalue weighted by atomic mass is 28.3. The molecule has 0 atom stereocenters. The molecule has 14 aromatic rings. The standard InChI is InChI=1S/C72H54N2Si/c1-47-33-35-52(36-34-47)73(67-31-15-23-50-19-7-11-27-57(50)67)69-45-65(59-29-13-21-48-17-5-9-25-55(48)59)61-42-44-64-70(46-66(62-41-43-63(69)71(61)72(62)64)60-30-14-22-49-18-6-10-26-56(49)60)74(53-37-39-54(40-38-53)75(2,3)4)68-32-16-24-51-20-8-12-28-58(51)68/h5-46H,1-4H3. The number of anilines is 6. The van der Waals surface area contributed by atoms with Crippen LogP contribution in [0, 0.1) is 6.92 Å². The molecule has 3 heteroatoms. The van der Waals surface area contributed by atoms with Crippen LogP contribution in [-0.2, 0) is 0 Å². The normalized spacial score (nSPS) is 12.0. The number of aryl methyl sites for hydroxylation is 1. The average Bonchev–Trinajstić information content (AvgIpc) is 3.52. The van der Waals surface area contributed by atoms with E-state index >= 15 is 0 Å². The molecule has 0 bridgehead atoms. The van der Waals surface area contributed by atoms with Gasteiger partial charge in [0.05, 0.1) is 30.8 Å². The van der Waals surface area contributed by atoms with Crippen molar-refractivity contribution >= 4 is 123 Å². The molecule has 0 N–H and O–H groups in total. The van der Waals surface area contributed by atoms with Gasteiger partial charge in [-0.25, -0.2) is 0 Å². The predicted octanol–water partition coefficient (Wildman–Crippen LogP) is 20.3. The fourth-order valence-corrected chi connectivity index (χ4v) is 13.3. The molecule has 0 aliphatic carbocycles. The highest BCUT2D eigenvalue weighted by molar-refractivity contribution is 6.88. The van der Waals surface area contributed by atoms with Gasteiger partial charge in [-0.2, -0.15) is 0 Å². The Balaban J connectivity index is 1.18. The van der Waals surface area contributed by atoms with E-state index < -0.39 is 8.07 Å². The second-order valence-electron chi connectivity index (χ2n) is 21.3. The van der Waals surface area contributed by atoms with E-state index in [2.05, 4.69) is 291 Å². The molecule has 0 radical (unpaired) electrons. The fraction of sp³-hybridized carbons (Fsp3) is 0.0556. The van der Waals surface area contributed by atoms with Crippen molar-refractivity contribution in [3.05, 3.63) is 260 Å². The number of rotatable bonds is 9. The first-order valence-electron chi connectivity index (χ1n) is 26.2. The van der Waals surface area contributed by atoms with E-state index in [1.807, 2.05) is 0 Å². The summed E-state index contributed by atoms with van der Waals surface area (Å²) in [4.78, 5) is 5.08. The molecule has 0 heterocycles. The Morgan fingerprint density at radius 1 is 0.267 bits per heavy atom. The summed E-state index contributed by atoms with van der Waals surface area (Å²) in [5.41, 5.74) is 12.8. The molecule has 0 aliphatic heterocycles. The maximum absolute atomic E-state index is 2.55. The van der Waals surface area contributed by atoms with Gasteiger partial charge in [-0.1, -0.05) is 237 Å². The van der Waals surface area contributed by atoms with E-state index in [1.165, 1.54) is 108 Å². The van der Waals surface area contributed by atoms with Crippen LogP contribution in [0.15, 0.2) is 255 Å². The SMILES string of the molecule is Cc1ccc(N(c2cccc3ccccc23)c2cc(-c3cccc4ccccc34)c3ccc4c(N(c5ccc([Si](C)(C)C)cc5)c5cccc6ccccc56)cc(-c5cccc6ccccc56)c5ccc2c3c54)cc1. The van der Waals surface area contributed by atoms with Crippen LogP contribution in [0.25, 0.3) is 97.7 Å². The fourth-order valence-electron chi connectivity index (χ4n) is 12.1. The number of fused-ring (bicyclic) bond motifs is 4. The third kappa shape index (κ3) is 7.37. The van der Waals surface area contributed by atoms with Gasteiger partial charge in [0.25, 0.3) is 0 Å². The highest BCUT2D eigenvalue weighted by Crippen LogP contribution is 2.54. The van der Waals surface area contributed by atoms with E-state index in [4.69, 9.17) is 0 Å². The minimum Gasteiger partial charge on any atom is -0.309 e. The Kier molecular flexibility index (Phi) is 10.5. The minimum absolute atomic E-state index is 1.11. The minimum atomic E-state index is -1.62. The van der Waals surface area contributed by atoms with Crippen LogP contribution in [0.4, 0.5) is 34.1 Å². The van der Waals surface area contributed by atoms with Crippen molar-refractivity contribution in [1.29, 1.82) is 0 Å². The molecule has 0 saturated carbocycles. The lowest BCUT2D eigenvalue weighted by Crippen LogP contribution is -2.37. The van der Waals surface area contributed by atoms with E-state index in [9.17, 15) is 0 Å². The summed E-state index contributed by atoms with van der Waals surface area (Å²) in [6.45, 7) is 9.47. The van der Waals surface area contributed by atoms with Gasteiger partial charge >= 0.3 is 0 Å². The summed E-state index contributed by atoms with van der Waals surface area (Å²) in [5, 5.41) is 18.5. The Bertz CT molecular complexity index is 4510. The van der Waals surface area contributed by atoms with Crippen molar-refractivity contribution in [2.24, 2.45) is 0 Å². The Morgan fingerprint density at radius 2 is 0.613 bits per heavy atom. The van der Waals surface area contributed by atoms with Gasteiger partial charge in [-0.15, -0.1) is 0 Å². The molecule has 0 saturated heterocycles. The topological polar surface area (TPSA) is 6.48 Å². The first kappa shape index (κ1) is 44.7. The van der Waals surface area contributed by atoms with Crippen molar-refractivity contribution in [2.45, 2.75) is 26.6 Å². The van der Waals surface area contributed by atoms with Gasteiger partial charge in [0.2, 0.25) is 0 Å².